The lowest BCUT2D eigenvalue weighted by atomic mass is 10.2. The molecule has 7 nitrogen and oxygen atoms in total. The topological polar surface area (TPSA) is 70.6 Å². The number of anilines is 2. The summed E-state index contributed by atoms with van der Waals surface area (Å²) in [5, 5.41) is 12.3. The van der Waals surface area contributed by atoms with Gasteiger partial charge in [0.1, 0.15) is 5.82 Å². The second-order valence-corrected chi connectivity index (χ2v) is 9.21. The van der Waals surface area contributed by atoms with Crippen molar-refractivity contribution in [1.82, 2.24) is 15.5 Å². The van der Waals surface area contributed by atoms with Crippen molar-refractivity contribution in [2.24, 2.45) is 0 Å². The number of ether oxygens (including phenoxy) is 1. The van der Waals surface area contributed by atoms with Gasteiger partial charge in [-0.1, -0.05) is 23.1 Å². The van der Waals surface area contributed by atoms with Crippen molar-refractivity contribution in [2.45, 2.75) is 23.3 Å². The Morgan fingerprint density at radius 3 is 2.69 bits per heavy atom. The summed E-state index contributed by atoms with van der Waals surface area (Å²) in [5.41, 5.74) is 1.04. The Bertz CT molecular complexity index is 805. The second kappa shape index (κ2) is 9.73. The van der Waals surface area contributed by atoms with Crippen molar-refractivity contribution >= 4 is 39.8 Å². The van der Waals surface area contributed by atoms with Gasteiger partial charge in [0.15, 0.2) is 4.34 Å². The Balaban J connectivity index is 1.21. The number of aromatic nitrogens is 2. The number of carbonyl (C=O) groups is 1. The van der Waals surface area contributed by atoms with Crippen molar-refractivity contribution in [3.63, 3.8) is 0 Å². The molecule has 2 fully saturated rings. The van der Waals surface area contributed by atoms with Crippen LogP contribution in [0, 0.1) is 5.82 Å². The first-order valence-corrected chi connectivity index (χ1v) is 11.6. The number of amides is 1. The molecule has 1 atom stereocenters. The smallest absolute Gasteiger partial charge is 0.230 e. The predicted octanol–water partition coefficient (Wildman–Crippen LogP) is 2.39. The van der Waals surface area contributed by atoms with Crippen LogP contribution in [0.25, 0.3) is 0 Å². The number of benzene rings is 1. The van der Waals surface area contributed by atoms with Gasteiger partial charge in [-0.15, -0.1) is 10.2 Å². The van der Waals surface area contributed by atoms with Crippen LogP contribution < -0.4 is 15.1 Å². The van der Waals surface area contributed by atoms with E-state index in [1.54, 1.807) is 0 Å². The van der Waals surface area contributed by atoms with Crippen LogP contribution >= 0.6 is 23.1 Å². The molecule has 3 heterocycles. The lowest BCUT2D eigenvalue weighted by Gasteiger charge is -2.35. The van der Waals surface area contributed by atoms with Crippen LogP contribution in [0.4, 0.5) is 15.2 Å². The molecule has 2 aromatic rings. The summed E-state index contributed by atoms with van der Waals surface area (Å²) in [4.78, 5) is 16.5. The van der Waals surface area contributed by atoms with E-state index in [2.05, 4.69) is 25.3 Å². The number of hydrogen-bond donors (Lipinski definition) is 1. The van der Waals surface area contributed by atoms with Crippen molar-refractivity contribution in [3.05, 3.63) is 30.1 Å². The molecule has 4 rings (SSSR count). The molecule has 0 unspecified atom stereocenters. The molecule has 2 saturated heterocycles. The van der Waals surface area contributed by atoms with Crippen LogP contribution in [0.15, 0.2) is 28.6 Å². The van der Waals surface area contributed by atoms with E-state index in [9.17, 15) is 9.18 Å². The first-order valence-electron chi connectivity index (χ1n) is 9.77. The van der Waals surface area contributed by atoms with Gasteiger partial charge >= 0.3 is 0 Å². The maximum Gasteiger partial charge on any atom is 0.230 e. The van der Waals surface area contributed by atoms with Crippen molar-refractivity contribution in [1.29, 1.82) is 0 Å². The molecule has 156 valence electrons. The number of piperazine rings is 1. The van der Waals surface area contributed by atoms with Crippen LogP contribution in [0.3, 0.4) is 0 Å². The molecule has 0 saturated carbocycles. The molecule has 2 aliphatic rings. The summed E-state index contributed by atoms with van der Waals surface area (Å²) in [6.07, 6.45) is 2.24. The minimum Gasteiger partial charge on any atom is -0.376 e. The van der Waals surface area contributed by atoms with Gasteiger partial charge in [0.05, 0.1) is 11.9 Å². The highest BCUT2D eigenvalue weighted by Gasteiger charge is 2.21. The molecule has 29 heavy (non-hydrogen) atoms. The van der Waals surface area contributed by atoms with E-state index in [4.69, 9.17) is 4.74 Å². The number of rotatable bonds is 7. The lowest BCUT2D eigenvalue weighted by molar-refractivity contribution is -0.119. The van der Waals surface area contributed by atoms with Gasteiger partial charge in [0, 0.05) is 45.0 Å². The number of hydrogen-bond acceptors (Lipinski definition) is 8. The quantitative estimate of drug-likeness (QED) is 0.667. The fourth-order valence-electron chi connectivity index (χ4n) is 3.41. The Labute approximate surface area is 177 Å². The predicted molar refractivity (Wildman–Crippen MR) is 113 cm³/mol. The van der Waals surface area contributed by atoms with Crippen LogP contribution in [-0.4, -0.2) is 67.3 Å². The van der Waals surface area contributed by atoms with E-state index in [0.717, 1.165) is 60.8 Å². The first-order chi connectivity index (χ1) is 14.2. The van der Waals surface area contributed by atoms with E-state index >= 15 is 0 Å². The van der Waals surface area contributed by atoms with E-state index in [-0.39, 0.29) is 17.8 Å². The molecule has 10 heteroatoms. The molecule has 0 spiro atoms. The zero-order valence-electron chi connectivity index (χ0n) is 16.1. The molecule has 1 amide bonds. The van der Waals surface area contributed by atoms with E-state index in [0.29, 0.717) is 12.3 Å². The molecule has 0 aliphatic carbocycles. The largest absolute Gasteiger partial charge is 0.376 e. The molecular formula is C19H24FN5O2S2. The average Bonchev–Trinajstić information content (AvgIpc) is 3.44. The van der Waals surface area contributed by atoms with Gasteiger partial charge in [-0.2, -0.15) is 0 Å². The molecule has 1 aromatic heterocycles. The molecule has 0 radical (unpaired) electrons. The van der Waals surface area contributed by atoms with E-state index in [1.165, 1.54) is 35.2 Å². The number of nitrogens with zero attached hydrogens (tertiary/aromatic N) is 4. The molecule has 1 N–H and O–H groups in total. The molecule has 1 aromatic carbocycles. The van der Waals surface area contributed by atoms with Gasteiger partial charge in [0.2, 0.25) is 11.0 Å². The zero-order valence-corrected chi connectivity index (χ0v) is 17.7. The summed E-state index contributed by atoms with van der Waals surface area (Å²) in [7, 11) is 0. The lowest BCUT2D eigenvalue weighted by Crippen LogP contribution is -2.46. The minimum absolute atomic E-state index is 0.00448. The van der Waals surface area contributed by atoms with Crippen LogP contribution in [0.5, 0.6) is 0 Å². The number of nitrogens with one attached hydrogen (secondary N) is 1. The van der Waals surface area contributed by atoms with Crippen LogP contribution in [0.1, 0.15) is 12.8 Å². The molecule has 0 bridgehead atoms. The fourth-order valence-corrected chi connectivity index (χ4v) is 5.13. The summed E-state index contributed by atoms with van der Waals surface area (Å²) in [6, 6.07) is 6.61. The fraction of sp³-hybridized carbons (Fsp3) is 0.526. The highest BCUT2D eigenvalue weighted by atomic mass is 32.2. The van der Waals surface area contributed by atoms with E-state index < -0.39 is 0 Å². The normalized spacial score (nSPS) is 19.6. The second-order valence-electron chi connectivity index (χ2n) is 7.03. The first kappa shape index (κ1) is 20.4. The monoisotopic (exact) mass is 437 g/mol. The van der Waals surface area contributed by atoms with Gasteiger partial charge in [-0.3, -0.25) is 4.79 Å². The average molecular weight is 438 g/mol. The highest BCUT2D eigenvalue weighted by Crippen LogP contribution is 2.29. The maximum atomic E-state index is 13.1. The number of halogens is 1. The zero-order chi connectivity index (χ0) is 20.1. The third-order valence-corrected chi connectivity index (χ3v) is 7.13. The minimum atomic E-state index is -0.216. The van der Waals surface area contributed by atoms with E-state index in [1.807, 2.05) is 12.1 Å². The Morgan fingerprint density at radius 1 is 1.21 bits per heavy atom. The van der Waals surface area contributed by atoms with Gasteiger partial charge in [0.25, 0.3) is 0 Å². The maximum absolute atomic E-state index is 13.1. The van der Waals surface area contributed by atoms with Crippen molar-refractivity contribution in [2.75, 3.05) is 54.9 Å². The van der Waals surface area contributed by atoms with Gasteiger partial charge in [-0.25, -0.2) is 4.39 Å². The van der Waals surface area contributed by atoms with Gasteiger partial charge < -0.3 is 19.9 Å². The molecular weight excluding hydrogens is 413 g/mol. The number of thioether (sulfide) groups is 1. The third-order valence-electron chi connectivity index (χ3n) is 5.02. The van der Waals surface area contributed by atoms with Crippen molar-refractivity contribution < 1.29 is 13.9 Å². The third kappa shape index (κ3) is 5.58. The number of carbonyl (C=O) groups excluding carboxylic acids is 1. The summed E-state index contributed by atoms with van der Waals surface area (Å²) < 4.78 is 19.4. The van der Waals surface area contributed by atoms with Crippen molar-refractivity contribution in [3.8, 4) is 0 Å². The summed E-state index contributed by atoms with van der Waals surface area (Å²) in [6.45, 7) is 4.73. The summed E-state index contributed by atoms with van der Waals surface area (Å²) in [5.74, 6) is 0.113. The Hall–Kier alpha value is -1.91. The molecule has 2 aliphatic heterocycles. The van der Waals surface area contributed by atoms with Crippen LogP contribution in [0.2, 0.25) is 0 Å². The standard InChI is InChI=1S/C19H24FN5O2S2/c20-14-3-5-15(6-4-14)24-7-9-25(10-8-24)18-22-23-19(29-18)28-13-17(26)21-12-16-2-1-11-27-16/h3-6,16H,1-2,7-13H2,(H,21,26)/t16-/m0/s1. The summed E-state index contributed by atoms with van der Waals surface area (Å²) >= 11 is 2.93. The van der Waals surface area contributed by atoms with Gasteiger partial charge in [-0.05, 0) is 37.1 Å². The Morgan fingerprint density at radius 2 is 1.97 bits per heavy atom. The SMILES string of the molecule is O=C(CSc1nnc(N2CCN(c3ccc(F)cc3)CC2)s1)NC[C@@H]1CCCO1. The Kier molecular flexibility index (Phi) is 6.83. The van der Waals surface area contributed by atoms with Crippen LogP contribution in [-0.2, 0) is 9.53 Å². The highest BCUT2D eigenvalue weighted by molar-refractivity contribution is 8.01.